The lowest BCUT2D eigenvalue weighted by Gasteiger charge is -2.50. The van der Waals surface area contributed by atoms with Gasteiger partial charge >= 0.3 is 0 Å². The molecule has 0 spiro atoms. The first kappa shape index (κ1) is 24.6. The van der Waals surface area contributed by atoms with Gasteiger partial charge in [0.25, 0.3) is 8.32 Å². The lowest BCUT2D eigenvalue weighted by molar-refractivity contribution is 0.00400. The summed E-state index contributed by atoms with van der Waals surface area (Å²) in [5.74, 6) is 0. The summed E-state index contributed by atoms with van der Waals surface area (Å²) in [4.78, 5) is 2.69. The molecular formula is C28H42N2O2Si. The van der Waals surface area contributed by atoms with Crippen LogP contribution in [0.3, 0.4) is 0 Å². The van der Waals surface area contributed by atoms with E-state index < -0.39 is 8.32 Å². The second kappa shape index (κ2) is 9.63. The van der Waals surface area contributed by atoms with Crippen LogP contribution in [0.15, 0.2) is 60.7 Å². The van der Waals surface area contributed by atoms with E-state index in [9.17, 15) is 0 Å². The fraction of sp³-hybridized carbons (Fsp3) is 0.571. The van der Waals surface area contributed by atoms with E-state index >= 15 is 0 Å². The van der Waals surface area contributed by atoms with Crippen LogP contribution in [0.2, 0.25) is 5.04 Å². The third-order valence-electron chi connectivity index (χ3n) is 7.46. The van der Waals surface area contributed by atoms with Crippen molar-refractivity contribution in [2.75, 3.05) is 32.8 Å². The molecule has 33 heavy (non-hydrogen) atoms. The molecule has 2 aliphatic heterocycles. The molecule has 1 unspecified atom stereocenters. The highest BCUT2D eigenvalue weighted by molar-refractivity contribution is 6.99. The Labute approximate surface area is 201 Å². The Hall–Kier alpha value is -1.50. The average molecular weight is 467 g/mol. The fourth-order valence-electron chi connectivity index (χ4n) is 5.78. The highest BCUT2D eigenvalue weighted by atomic mass is 28.4. The average Bonchev–Trinajstić information content (AvgIpc) is 3.25. The van der Waals surface area contributed by atoms with Crippen LogP contribution in [0.25, 0.3) is 0 Å². The van der Waals surface area contributed by atoms with E-state index in [0.29, 0.717) is 12.6 Å². The number of benzene rings is 2. The molecule has 1 N–H and O–H groups in total. The van der Waals surface area contributed by atoms with E-state index in [1.54, 1.807) is 0 Å². The third-order valence-corrected chi connectivity index (χ3v) is 12.5. The second-order valence-corrected chi connectivity index (χ2v) is 16.0. The molecule has 0 aromatic heterocycles. The van der Waals surface area contributed by atoms with Crippen molar-refractivity contribution in [2.24, 2.45) is 5.41 Å². The lowest BCUT2D eigenvalue weighted by atomic mass is 9.83. The van der Waals surface area contributed by atoms with Gasteiger partial charge in [0.05, 0.1) is 25.4 Å². The van der Waals surface area contributed by atoms with Crippen molar-refractivity contribution in [1.82, 2.24) is 10.2 Å². The summed E-state index contributed by atoms with van der Waals surface area (Å²) >= 11 is 0. The van der Waals surface area contributed by atoms with Gasteiger partial charge in [-0.1, -0.05) is 102 Å². The first-order valence-corrected chi connectivity index (χ1v) is 14.4. The van der Waals surface area contributed by atoms with E-state index in [2.05, 4.69) is 112 Å². The molecule has 2 saturated heterocycles. The second-order valence-electron chi connectivity index (χ2n) is 11.7. The molecule has 0 bridgehead atoms. The van der Waals surface area contributed by atoms with Crippen molar-refractivity contribution in [2.45, 2.75) is 64.8 Å². The Morgan fingerprint density at radius 2 is 1.45 bits per heavy atom. The van der Waals surface area contributed by atoms with Crippen LogP contribution in [0.1, 0.15) is 41.5 Å². The van der Waals surface area contributed by atoms with Gasteiger partial charge in [-0.15, -0.1) is 0 Å². The van der Waals surface area contributed by atoms with E-state index in [0.717, 1.165) is 26.2 Å². The summed E-state index contributed by atoms with van der Waals surface area (Å²) in [5, 5.41) is 6.26. The van der Waals surface area contributed by atoms with Gasteiger partial charge in [0, 0.05) is 25.7 Å². The van der Waals surface area contributed by atoms with Gasteiger partial charge in [0.2, 0.25) is 0 Å². The number of nitrogens with zero attached hydrogens (tertiary/aromatic N) is 1. The smallest absolute Gasteiger partial charge is 0.261 e. The largest absolute Gasteiger partial charge is 0.400 e. The number of hydrogen-bond donors (Lipinski definition) is 1. The predicted molar refractivity (Wildman–Crippen MR) is 140 cm³/mol. The van der Waals surface area contributed by atoms with Crippen molar-refractivity contribution in [1.29, 1.82) is 0 Å². The van der Waals surface area contributed by atoms with Crippen molar-refractivity contribution in [3.8, 4) is 0 Å². The fourth-order valence-corrected chi connectivity index (χ4v) is 10.5. The van der Waals surface area contributed by atoms with E-state index in [1.807, 2.05) is 0 Å². The number of piperazine rings is 1. The topological polar surface area (TPSA) is 33.7 Å². The van der Waals surface area contributed by atoms with Crippen LogP contribution >= 0.6 is 0 Å². The molecular weight excluding hydrogens is 424 g/mol. The van der Waals surface area contributed by atoms with E-state index in [4.69, 9.17) is 9.16 Å². The normalized spacial score (nSPS) is 25.3. The molecule has 0 saturated carbocycles. The van der Waals surface area contributed by atoms with Gasteiger partial charge in [-0.05, 0) is 20.8 Å². The first-order valence-electron chi connectivity index (χ1n) is 12.5. The number of hydrogen-bond acceptors (Lipinski definition) is 4. The van der Waals surface area contributed by atoms with Crippen molar-refractivity contribution in [3.63, 3.8) is 0 Å². The van der Waals surface area contributed by atoms with Gasteiger partial charge in [-0.2, -0.15) is 0 Å². The first-order chi connectivity index (χ1) is 15.6. The maximum atomic E-state index is 7.51. The molecule has 0 amide bonds. The van der Waals surface area contributed by atoms with E-state index in [1.165, 1.54) is 10.4 Å². The number of rotatable bonds is 5. The summed E-state index contributed by atoms with van der Waals surface area (Å²) in [5.41, 5.74) is 0.192. The summed E-state index contributed by atoms with van der Waals surface area (Å²) in [6.45, 7) is 18.6. The Bertz CT molecular complexity index is 852. The summed E-state index contributed by atoms with van der Waals surface area (Å²) < 4.78 is 13.7. The standard InChI is InChI=1S/C28H42N2O2Si/c1-27(2,3)26-19-29-17-18-30(26)24-20-31-21-25(24)32-33(28(4,5)6,22-13-9-7-10-14-22)23-15-11-8-12-16-23/h7-16,24-26,29H,17-21H2,1-6H3/t24-,25+,26?/m1/s1. The maximum Gasteiger partial charge on any atom is 0.261 e. The minimum atomic E-state index is -2.61. The zero-order valence-electron chi connectivity index (χ0n) is 21.3. The maximum absolute atomic E-state index is 7.51. The van der Waals surface area contributed by atoms with E-state index in [-0.39, 0.29) is 22.6 Å². The molecule has 2 fully saturated rings. The van der Waals surface area contributed by atoms with Gasteiger partial charge in [-0.3, -0.25) is 4.90 Å². The van der Waals surface area contributed by atoms with Crippen LogP contribution in [-0.4, -0.2) is 64.3 Å². The Kier molecular flexibility index (Phi) is 7.18. The zero-order valence-corrected chi connectivity index (χ0v) is 22.3. The molecule has 2 aliphatic rings. The van der Waals surface area contributed by atoms with Crippen LogP contribution < -0.4 is 15.7 Å². The molecule has 2 heterocycles. The molecule has 0 radical (unpaired) electrons. The third kappa shape index (κ3) is 4.84. The molecule has 0 aliphatic carbocycles. The molecule has 180 valence electrons. The van der Waals surface area contributed by atoms with Gasteiger partial charge in [-0.25, -0.2) is 0 Å². The lowest BCUT2D eigenvalue weighted by Crippen LogP contribution is -2.70. The van der Waals surface area contributed by atoms with Gasteiger partial charge in [0.15, 0.2) is 0 Å². The molecule has 4 nitrogen and oxygen atoms in total. The number of nitrogens with one attached hydrogen (secondary N) is 1. The van der Waals surface area contributed by atoms with Crippen LogP contribution in [0.4, 0.5) is 0 Å². The minimum Gasteiger partial charge on any atom is -0.400 e. The van der Waals surface area contributed by atoms with Gasteiger partial charge < -0.3 is 14.5 Å². The zero-order chi connectivity index (χ0) is 23.7. The Morgan fingerprint density at radius 3 is 1.97 bits per heavy atom. The molecule has 2 aromatic carbocycles. The molecule has 3 atom stereocenters. The van der Waals surface area contributed by atoms with Crippen molar-refractivity contribution >= 4 is 18.7 Å². The summed E-state index contributed by atoms with van der Waals surface area (Å²) in [6.07, 6.45) is 0.0549. The van der Waals surface area contributed by atoms with Crippen LogP contribution in [0.5, 0.6) is 0 Å². The van der Waals surface area contributed by atoms with Crippen LogP contribution in [-0.2, 0) is 9.16 Å². The highest BCUT2D eigenvalue weighted by Gasteiger charge is 2.54. The van der Waals surface area contributed by atoms with Gasteiger partial charge in [0.1, 0.15) is 0 Å². The Morgan fingerprint density at radius 1 is 0.879 bits per heavy atom. The summed E-state index contributed by atoms with van der Waals surface area (Å²) in [6, 6.07) is 22.7. The van der Waals surface area contributed by atoms with Crippen molar-refractivity contribution < 1.29 is 9.16 Å². The molecule has 2 aromatic rings. The molecule has 5 heteroatoms. The van der Waals surface area contributed by atoms with Crippen molar-refractivity contribution in [3.05, 3.63) is 60.7 Å². The SMILES string of the molecule is CC(C)(C)C1CNCCN1[C@@H]1COC[C@@H]1O[Si](c1ccccc1)(c1ccccc1)C(C)(C)C. The quantitative estimate of drug-likeness (QED) is 0.682. The molecule has 4 rings (SSSR count). The Balaban J connectivity index is 1.76. The monoisotopic (exact) mass is 466 g/mol. The predicted octanol–water partition coefficient (Wildman–Crippen LogP) is 3.65. The minimum absolute atomic E-state index is 0.0320. The van der Waals surface area contributed by atoms with Crippen LogP contribution in [0, 0.1) is 5.41 Å². The highest BCUT2D eigenvalue weighted by Crippen LogP contribution is 2.39. The number of ether oxygens (including phenoxy) is 1. The summed E-state index contributed by atoms with van der Waals surface area (Å²) in [7, 11) is -2.61.